The van der Waals surface area contributed by atoms with Crippen molar-refractivity contribution >= 4 is 17.2 Å². The minimum Gasteiger partial charge on any atom is -0.381 e. The number of nitrogens with zero attached hydrogens (tertiary/aromatic N) is 2. The largest absolute Gasteiger partial charge is 0.381 e. The molecule has 1 spiro atoms. The Hall–Kier alpha value is -0.910. The van der Waals surface area contributed by atoms with Gasteiger partial charge in [-0.05, 0) is 69.5 Å². The predicted molar refractivity (Wildman–Crippen MR) is 106 cm³/mol. The Morgan fingerprint density at radius 2 is 2.00 bits per heavy atom. The number of amides is 1. The first-order valence-electron chi connectivity index (χ1n) is 10.1. The van der Waals surface area contributed by atoms with E-state index >= 15 is 0 Å². The van der Waals surface area contributed by atoms with Gasteiger partial charge in [0.1, 0.15) is 0 Å². The zero-order valence-corrected chi connectivity index (χ0v) is 17.2. The van der Waals surface area contributed by atoms with Gasteiger partial charge < -0.3 is 14.5 Å². The fourth-order valence-corrected chi connectivity index (χ4v) is 5.75. The summed E-state index contributed by atoms with van der Waals surface area (Å²) in [4.78, 5) is 19.6. The maximum atomic E-state index is 12.9. The zero-order chi connectivity index (χ0) is 18.3. The molecule has 1 atom stereocenters. The van der Waals surface area contributed by atoms with E-state index in [2.05, 4.69) is 36.8 Å². The Labute approximate surface area is 161 Å². The number of ether oxygens (including phenoxy) is 1. The van der Waals surface area contributed by atoms with Crippen LogP contribution in [0.4, 0.5) is 0 Å². The van der Waals surface area contributed by atoms with Crippen LogP contribution in [0.2, 0.25) is 0 Å². The lowest BCUT2D eigenvalue weighted by molar-refractivity contribution is 0.0182. The number of carbonyl (C=O) groups is 1. The van der Waals surface area contributed by atoms with E-state index in [0.717, 1.165) is 63.0 Å². The molecular weight excluding hydrogens is 344 g/mol. The first-order chi connectivity index (χ1) is 12.5. The van der Waals surface area contributed by atoms with Crippen LogP contribution in [-0.4, -0.2) is 62.1 Å². The highest BCUT2D eigenvalue weighted by atomic mass is 32.1. The van der Waals surface area contributed by atoms with Crippen molar-refractivity contribution in [2.24, 2.45) is 17.3 Å². The van der Waals surface area contributed by atoms with Crippen LogP contribution < -0.4 is 0 Å². The van der Waals surface area contributed by atoms with Crippen molar-refractivity contribution < 1.29 is 9.53 Å². The molecule has 5 heteroatoms. The number of carbonyl (C=O) groups excluding carboxylic acids is 1. The molecule has 0 bridgehead atoms. The van der Waals surface area contributed by atoms with Gasteiger partial charge in [0.2, 0.25) is 0 Å². The lowest BCUT2D eigenvalue weighted by Crippen LogP contribution is -2.47. The zero-order valence-electron chi connectivity index (χ0n) is 16.4. The maximum absolute atomic E-state index is 12.9. The Kier molecular flexibility index (Phi) is 5.15. The van der Waals surface area contributed by atoms with Crippen molar-refractivity contribution in [1.82, 2.24) is 9.80 Å². The molecule has 4 rings (SSSR count). The van der Waals surface area contributed by atoms with Gasteiger partial charge in [-0.15, -0.1) is 11.3 Å². The predicted octanol–water partition coefficient (Wildman–Crippen LogP) is 3.58. The van der Waals surface area contributed by atoms with E-state index in [-0.39, 0.29) is 5.91 Å². The number of piperidine rings is 1. The van der Waals surface area contributed by atoms with Gasteiger partial charge in [0.15, 0.2) is 0 Å². The third kappa shape index (κ3) is 3.71. The average molecular weight is 377 g/mol. The molecule has 0 aromatic carbocycles. The van der Waals surface area contributed by atoms with E-state index in [1.165, 1.54) is 23.3 Å². The molecule has 1 saturated carbocycles. The SMILES string of the molecule is Cc1cc(C(=O)N2CCC3(CC2)CN(C)CC3COCC2CC2)sc1C. The van der Waals surface area contributed by atoms with Crippen molar-refractivity contribution in [1.29, 1.82) is 0 Å². The lowest BCUT2D eigenvalue weighted by Gasteiger charge is -2.42. The lowest BCUT2D eigenvalue weighted by atomic mass is 9.71. The van der Waals surface area contributed by atoms with Gasteiger partial charge in [0, 0.05) is 43.6 Å². The Bertz CT molecular complexity index is 639. The molecule has 2 aliphatic heterocycles. The van der Waals surface area contributed by atoms with E-state index in [9.17, 15) is 4.79 Å². The summed E-state index contributed by atoms with van der Waals surface area (Å²) in [5.74, 6) is 1.69. The summed E-state index contributed by atoms with van der Waals surface area (Å²) < 4.78 is 6.07. The highest BCUT2D eigenvalue weighted by molar-refractivity contribution is 7.14. The minimum atomic E-state index is 0.230. The summed E-state index contributed by atoms with van der Waals surface area (Å²) in [5, 5.41) is 0. The van der Waals surface area contributed by atoms with Gasteiger partial charge in [-0.2, -0.15) is 0 Å². The van der Waals surface area contributed by atoms with Crippen molar-refractivity contribution in [3.05, 3.63) is 21.4 Å². The Morgan fingerprint density at radius 1 is 1.27 bits per heavy atom. The normalized spacial score (nSPS) is 26.0. The monoisotopic (exact) mass is 376 g/mol. The fraction of sp³-hybridized carbons (Fsp3) is 0.762. The van der Waals surface area contributed by atoms with Gasteiger partial charge in [0.25, 0.3) is 5.91 Å². The van der Waals surface area contributed by atoms with Crippen LogP contribution in [0.3, 0.4) is 0 Å². The van der Waals surface area contributed by atoms with Crippen molar-refractivity contribution in [3.63, 3.8) is 0 Å². The number of aryl methyl sites for hydroxylation is 2. The second kappa shape index (κ2) is 7.25. The summed E-state index contributed by atoms with van der Waals surface area (Å²) in [5.41, 5.74) is 1.58. The van der Waals surface area contributed by atoms with E-state index < -0.39 is 0 Å². The summed E-state index contributed by atoms with van der Waals surface area (Å²) >= 11 is 1.64. The molecule has 4 nitrogen and oxygen atoms in total. The van der Waals surface area contributed by atoms with Crippen LogP contribution in [0.15, 0.2) is 6.07 Å². The van der Waals surface area contributed by atoms with Crippen LogP contribution in [0, 0.1) is 31.1 Å². The molecule has 2 saturated heterocycles. The van der Waals surface area contributed by atoms with Gasteiger partial charge in [0.05, 0.1) is 11.5 Å². The smallest absolute Gasteiger partial charge is 0.263 e. The molecule has 1 unspecified atom stereocenters. The van der Waals surface area contributed by atoms with Crippen molar-refractivity contribution in [2.75, 3.05) is 46.4 Å². The van der Waals surface area contributed by atoms with E-state index in [1.54, 1.807) is 11.3 Å². The molecule has 144 valence electrons. The fourth-order valence-electron chi connectivity index (χ4n) is 4.75. The van der Waals surface area contributed by atoms with Crippen molar-refractivity contribution in [3.8, 4) is 0 Å². The van der Waals surface area contributed by atoms with Crippen LogP contribution in [-0.2, 0) is 4.74 Å². The molecule has 3 heterocycles. The molecule has 26 heavy (non-hydrogen) atoms. The van der Waals surface area contributed by atoms with Gasteiger partial charge in [-0.3, -0.25) is 4.79 Å². The summed E-state index contributed by atoms with van der Waals surface area (Å²) in [6.45, 7) is 10.1. The quantitative estimate of drug-likeness (QED) is 0.787. The third-order valence-electron chi connectivity index (χ3n) is 6.78. The molecule has 1 aromatic heterocycles. The highest BCUT2D eigenvalue weighted by Crippen LogP contribution is 2.45. The standard InChI is InChI=1S/C21H32N2O2S/c1-15-10-19(26-16(15)2)20(24)23-8-6-21(7-9-23)14-22(3)11-18(21)13-25-12-17-4-5-17/h10,17-18H,4-9,11-14H2,1-3H3. The molecule has 1 aromatic rings. The van der Waals surface area contributed by atoms with Gasteiger partial charge in [-0.25, -0.2) is 0 Å². The number of likely N-dealkylation sites (tertiary alicyclic amines) is 2. The van der Waals surface area contributed by atoms with E-state index in [4.69, 9.17) is 4.74 Å². The number of hydrogen-bond donors (Lipinski definition) is 0. The van der Waals surface area contributed by atoms with Crippen LogP contribution in [0.1, 0.15) is 45.8 Å². The molecule has 3 fully saturated rings. The molecule has 3 aliphatic rings. The van der Waals surface area contributed by atoms with Crippen LogP contribution >= 0.6 is 11.3 Å². The summed E-state index contributed by atoms with van der Waals surface area (Å²) in [6.07, 6.45) is 4.94. The maximum Gasteiger partial charge on any atom is 0.263 e. The molecule has 1 amide bonds. The second-order valence-corrected chi connectivity index (χ2v) is 10.1. The van der Waals surface area contributed by atoms with Crippen molar-refractivity contribution in [2.45, 2.75) is 39.5 Å². The van der Waals surface area contributed by atoms with E-state index in [0.29, 0.717) is 11.3 Å². The Balaban J connectivity index is 1.36. The molecular formula is C21H32N2O2S. The minimum absolute atomic E-state index is 0.230. The molecule has 0 N–H and O–H groups in total. The number of thiophene rings is 1. The van der Waals surface area contributed by atoms with Gasteiger partial charge >= 0.3 is 0 Å². The van der Waals surface area contributed by atoms with Gasteiger partial charge in [-0.1, -0.05) is 0 Å². The van der Waals surface area contributed by atoms with Crippen LogP contribution in [0.5, 0.6) is 0 Å². The summed E-state index contributed by atoms with van der Waals surface area (Å²) in [6, 6.07) is 2.06. The topological polar surface area (TPSA) is 32.8 Å². The third-order valence-corrected chi connectivity index (χ3v) is 7.92. The summed E-state index contributed by atoms with van der Waals surface area (Å²) in [7, 11) is 2.23. The molecule has 1 aliphatic carbocycles. The van der Waals surface area contributed by atoms with E-state index in [1.807, 2.05) is 0 Å². The molecule has 0 radical (unpaired) electrons. The van der Waals surface area contributed by atoms with Crippen LogP contribution in [0.25, 0.3) is 0 Å². The first kappa shape index (κ1) is 18.5. The number of rotatable bonds is 5. The average Bonchev–Trinajstić information content (AvgIpc) is 3.31. The first-order valence-corrected chi connectivity index (χ1v) is 10.9. The second-order valence-electron chi connectivity index (χ2n) is 8.88. The Morgan fingerprint density at radius 3 is 2.62 bits per heavy atom. The highest BCUT2D eigenvalue weighted by Gasteiger charge is 2.47. The number of hydrogen-bond acceptors (Lipinski definition) is 4.